The number of rotatable bonds is 6. The number of carbonyl (C=O) groups is 1. The molecule has 4 heterocycles. The second-order valence-corrected chi connectivity index (χ2v) is 9.81. The van der Waals surface area contributed by atoms with Crippen LogP contribution >= 0.6 is 0 Å². The summed E-state index contributed by atoms with van der Waals surface area (Å²) in [4.78, 5) is 21.9. The number of carbonyl (C=O) groups excluding carboxylic acids is 1. The van der Waals surface area contributed by atoms with Crippen molar-refractivity contribution in [1.82, 2.24) is 20.1 Å². The molecule has 190 valence electrons. The molecule has 2 aliphatic rings. The van der Waals surface area contributed by atoms with Gasteiger partial charge in [-0.05, 0) is 79.9 Å². The smallest absolute Gasteiger partial charge is 0.276 e. The normalized spacial score (nSPS) is 16.1. The van der Waals surface area contributed by atoms with Crippen LogP contribution in [0.1, 0.15) is 41.7 Å². The molecular weight excluding hydrogens is 474 g/mol. The summed E-state index contributed by atoms with van der Waals surface area (Å²) in [6.45, 7) is 4.49. The van der Waals surface area contributed by atoms with Gasteiger partial charge in [0.15, 0.2) is 17.3 Å². The number of benzene rings is 2. The number of hydrogen-bond acceptors (Lipinski definition) is 5. The fourth-order valence-electron chi connectivity index (χ4n) is 5.06. The van der Waals surface area contributed by atoms with Crippen LogP contribution in [0, 0.1) is 11.6 Å². The molecule has 2 saturated heterocycles. The lowest BCUT2D eigenvalue weighted by Crippen LogP contribution is -2.37. The highest BCUT2D eigenvalue weighted by molar-refractivity contribution is 6.11. The van der Waals surface area contributed by atoms with E-state index in [4.69, 9.17) is 0 Å². The van der Waals surface area contributed by atoms with E-state index in [0.717, 1.165) is 56.8 Å². The van der Waals surface area contributed by atoms with E-state index >= 15 is 0 Å². The first-order valence-electron chi connectivity index (χ1n) is 12.8. The van der Waals surface area contributed by atoms with Crippen molar-refractivity contribution >= 4 is 28.3 Å². The number of nitrogens with one attached hydrogen (secondary N) is 2. The van der Waals surface area contributed by atoms with Gasteiger partial charge in [0.2, 0.25) is 0 Å². The Morgan fingerprint density at radius 3 is 2.54 bits per heavy atom. The number of piperidine rings is 1. The number of fused-ring (bicyclic) bond motifs is 1. The second-order valence-electron chi connectivity index (χ2n) is 9.81. The fourth-order valence-corrected chi connectivity index (χ4v) is 5.06. The first-order chi connectivity index (χ1) is 18.0. The molecule has 0 radical (unpaired) electrons. The number of halogens is 2. The molecule has 0 saturated carbocycles. The number of aromatic amines is 1. The summed E-state index contributed by atoms with van der Waals surface area (Å²) in [5, 5.41) is 10.4. The Bertz CT molecular complexity index is 1440. The van der Waals surface area contributed by atoms with Crippen LogP contribution in [-0.4, -0.2) is 52.2 Å². The average molecular weight is 503 g/mol. The van der Waals surface area contributed by atoms with Gasteiger partial charge in [-0.1, -0.05) is 12.5 Å². The van der Waals surface area contributed by atoms with Crippen LogP contribution in [0.4, 0.5) is 20.3 Å². The van der Waals surface area contributed by atoms with Gasteiger partial charge >= 0.3 is 0 Å². The van der Waals surface area contributed by atoms with Gasteiger partial charge in [-0.15, -0.1) is 0 Å². The Morgan fingerprint density at radius 2 is 1.81 bits per heavy atom. The van der Waals surface area contributed by atoms with E-state index in [2.05, 4.69) is 30.3 Å². The SMILES string of the molecule is O=C(Nc1ccc(N2CCC2)nc1)c1n[nH]c2ccc(-c3cc(CN4CCCCC4)cc(F)c3F)cc12. The zero-order valence-electron chi connectivity index (χ0n) is 20.4. The highest BCUT2D eigenvalue weighted by atomic mass is 19.2. The van der Waals surface area contributed by atoms with E-state index in [1.54, 1.807) is 30.5 Å². The molecule has 6 rings (SSSR count). The summed E-state index contributed by atoms with van der Waals surface area (Å²) in [7, 11) is 0. The van der Waals surface area contributed by atoms with Crippen molar-refractivity contribution in [3.63, 3.8) is 0 Å². The number of likely N-dealkylation sites (tertiary alicyclic amines) is 1. The Labute approximate surface area is 213 Å². The van der Waals surface area contributed by atoms with Crippen molar-refractivity contribution in [1.29, 1.82) is 0 Å². The molecule has 0 atom stereocenters. The van der Waals surface area contributed by atoms with E-state index in [9.17, 15) is 13.6 Å². The standard InChI is InChI=1S/C28H28F2N6O/c29-23-14-18(17-35-9-2-1-3-10-35)13-21(26(23)30)19-5-7-24-22(15-19)27(34-33-24)28(37)32-20-6-8-25(31-16-20)36-11-4-12-36/h5-8,13-16H,1-4,9-12,17H2,(H,32,37)(H,33,34). The van der Waals surface area contributed by atoms with Crippen molar-refractivity contribution in [3.05, 3.63) is 71.6 Å². The summed E-state index contributed by atoms with van der Waals surface area (Å²) in [6.07, 6.45) is 6.24. The molecule has 1 amide bonds. The maximum Gasteiger partial charge on any atom is 0.276 e. The minimum absolute atomic E-state index is 0.173. The minimum atomic E-state index is -0.899. The van der Waals surface area contributed by atoms with E-state index in [1.807, 2.05) is 12.1 Å². The molecule has 0 bridgehead atoms. The monoisotopic (exact) mass is 502 g/mol. The second kappa shape index (κ2) is 9.89. The van der Waals surface area contributed by atoms with Crippen LogP contribution in [-0.2, 0) is 6.54 Å². The molecular formula is C28H28F2N6O. The fraction of sp³-hybridized carbons (Fsp3) is 0.321. The molecule has 0 unspecified atom stereocenters. The molecule has 2 fully saturated rings. The van der Waals surface area contributed by atoms with Crippen LogP contribution in [0.25, 0.3) is 22.0 Å². The van der Waals surface area contributed by atoms with Crippen molar-refractivity contribution in [2.75, 3.05) is 36.4 Å². The summed E-state index contributed by atoms with van der Waals surface area (Å²) < 4.78 is 29.5. The van der Waals surface area contributed by atoms with Crippen molar-refractivity contribution in [2.45, 2.75) is 32.2 Å². The van der Waals surface area contributed by atoms with Crippen LogP contribution in [0.2, 0.25) is 0 Å². The molecule has 2 N–H and O–H groups in total. The van der Waals surface area contributed by atoms with Gasteiger partial charge in [-0.2, -0.15) is 5.10 Å². The Kier molecular flexibility index (Phi) is 6.30. The van der Waals surface area contributed by atoms with E-state index in [1.165, 1.54) is 12.5 Å². The molecule has 0 spiro atoms. The van der Waals surface area contributed by atoms with Crippen LogP contribution in [0.3, 0.4) is 0 Å². The zero-order chi connectivity index (χ0) is 25.4. The molecule has 2 aromatic carbocycles. The molecule has 2 aliphatic heterocycles. The molecule has 0 aliphatic carbocycles. The van der Waals surface area contributed by atoms with Crippen molar-refractivity contribution in [2.24, 2.45) is 0 Å². The predicted octanol–water partition coefficient (Wildman–Crippen LogP) is 5.35. The van der Waals surface area contributed by atoms with Crippen molar-refractivity contribution in [3.8, 4) is 11.1 Å². The third-order valence-corrected chi connectivity index (χ3v) is 7.22. The Morgan fingerprint density at radius 1 is 0.973 bits per heavy atom. The number of anilines is 2. The molecule has 37 heavy (non-hydrogen) atoms. The zero-order valence-corrected chi connectivity index (χ0v) is 20.4. The number of hydrogen-bond donors (Lipinski definition) is 2. The number of nitrogens with zero attached hydrogens (tertiary/aromatic N) is 4. The maximum atomic E-state index is 14.9. The van der Waals surface area contributed by atoms with Crippen LogP contribution in [0.15, 0.2) is 48.7 Å². The number of pyridine rings is 1. The largest absolute Gasteiger partial charge is 0.356 e. The topological polar surface area (TPSA) is 77.1 Å². The first-order valence-corrected chi connectivity index (χ1v) is 12.8. The van der Waals surface area contributed by atoms with Gasteiger partial charge in [0.05, 0.1) is 17.4 Å². The van der Waals surface area contributed by atoms with Crippen LogP contribution in [0.5, 0.6) is 0 Å². The lowest BCUT2D eigenvalue weighted by atomic mass is 9.99. The highest BCUT2D eigenvalue weighted by Gasteiger charge is 2.20. The maximum absolute atomic E-state index is 14.9. The molecule has 2 aromatic heterocycles. The lowest BCUT2D eigenvalue weighted by Gasteiger charge is -2.31. The molecule has 9 heteroatoms. The van der Waals surface area contributed by atoms with Gasteiger partial charge in [0, 0.05) is 30.6 Å². The Balaban J connectivity index is 1.26. The van der Waals surface area contributed by atoms with Crippen LogP contribution < -0.4 is 10.2 Å². The van der Waals surface area contributed by atoms with E-state index in [-0.39, 0.29) is 11.3 Å². The van der Waals surface area contributed by atoms with Crippen molar-refractivity contribution < 1.29 is 13.6 Å². The predicted molar refractivity (Wildman–Crippen MR) is 140 cm³/mol. The number of aromatic nitrogens is 3. The van der Waals surface area contributed by atoms with Gasteiger partial charge in [0.25, 0.3) is 5.91 Å². The minimum Gasteiger partial charge on any atom is -0.356 e. The summed E-state index contributed by atoms with van der Waals surface area (Å²) in [5.41, 5.74) is 2.75. The number of amides is 1. The van der Waals surface area contributed by atoms with Gasteiger partial charge < -0.3 is 10.2 Å². The number of H-pyrrole nitrogens is 1. The van der Waals surface area contributed by atoms with E-state index < -0.39 is 17.5 Å². The third kappa shape index (κ3) is 4.79. The summed E-state index contributed by atoms with van der Waals surface area (Å²) in [6, 6.07) is 11.8. The summed E-state index contributed by atoms with van der Waals surface area (Å²) >= 11 is 0. The van der Waals surface area contributed by atoms with Gasteiger partial charge in [-0.3, -0.25) is 14.8 Å². The van der Waals surface area contributed by atoms with Gasteiger partial charge in [0.1, 0.15) is 5.82 Å². The summed E-state index contributed by atoms with van der Waals surface area (Å²) in [5.74, 6) is -1.29. The first kappa shape index (κ1) is 23.5. The lowest BCUT2D eigenvalue weighted by molar-refractivity contribution is 0.102. The highest BCUT2D eigenvalue weighted by Crippen LogP contribution is 2.31. The Hall–Kier alpha value is -3.85. The third-order valence-electron chi connectivity index (χ3n) is 7.22. The average Bonchev–Trinajstić information content (AvgIpc) is 3.30. The molecule has 7 nitrogen and oxygen atoms in total. The quantitative estimate of drug-likeness (QED) is 0.372. The van der Waals surface area contributed by atoms with Gasteiger partial charge in [-0.25, -0.2) is 13.8 Å². The van der Waals surface area contributed by atoms with E-state index in [0.29, 0.717) is 28.7 Å². The molecule has 4 aromatic rings.